The largest absolute Gasteiger partial charge is 0.378 e. The van der Waals surface area contributed by atoms with Crippen LogP contribution in [0.4, 0.5) is 0 Å². The Bertz CT molecular complexity index is 239. The number of rotatable bonds is 1. The van der Waals surface area contributed by atoms with Crippen LogP contribution in [0.2, 0.25) is 0 Å². The summed E-state index contributed by atoms with van der Waals surface area (Å²) in [6.45, 7) is 4.76. The highest BCUT2D eigenvalue weighted by molar-refractivity contribution is 7.10. The molecule has 2 nitrogen and oxygen atoms in total. The van der Waals surface area contributed by atoms with Crippen LogP contribution in [0.15, 0.2) is 17.5 Å². The third-order valence-corrected chi connectivity index (χ3v) is 3.35. The van der Waals surface area contributed by atoms with E-state index in [4.69, 9.17) is 4.74 Å². The standard InChI is InChI=1S/C9H13NOS/c1-9(7-11-5-4-10-9)8-3-2-6-12-8/h2-3,6,10H,4-5,7H2,1H3. The molecule has 1 aromatic heterocycles. The topological polar surface area (TPSA) is 21.3 Å². The van der Waals surface area contributed by atoms with Crippen LogP contribution in [0.25, 0.3) is 0 Å². The van der Waals surface area contributed by atoms with Crippen molar-refractivity contribution in [3.63, 3.8) is 0 Å². The van der Waals surface area contributed by atoms with Crippen LogP contribution in [0.5, 0.6) is 0 Å². The molecule has 0 saturated carbocycles. The molecule has 0 amide bonds. The van der Waals surface area contributed by atoms with Crippen molar-refractivity contribution in [1.82, 2.24) is 5.32 Å². The molecule has 1 fully saturated rings. The fourth-order valence-electron chi connectivity index (χ4n) is 1.48. The van der Waals surface area contributed by atoms with Gasteiger partial charge in [0.1, 0.15) is 0 Å². The zero-order chi connectivity index (χ0) is 8.44. The summed E-state index contributed by atoms with van der Waals surface area (Å²) in [6.07, 6.45) is 0. The lowest BCUT2D eigenvalue weighted by atomic mass is 10.0. The maximum Gasteiger partial charge on any atom is 0.0737 e. The maximum absolute atomic E-state index is 5.45. The van der Waals surface area contributed by atoms with Crippen molar-refractivity contribution in [2.45, 2.75) is 12.5 Å². The van der Waals surface area contributed by atoms with Crippen molar-refractivity contribution in [3.05, 3.63) is 22.4 Å². The molecule has 0 aliphatic carbocycles. The van der Waals surface area contributed by atoms with E-state index in [1.807, 2.05) is 0 Å². The lowest BCUT2D eigenvalue weighted by Gasteiger charge is -2.33. The first-order valence-electron chi connectivity index (χ1n) is 4.18. The zero-order valence-electron chi connectivity index (χ0n) is 7.17. The van der Waals surface area contributed by atoms with E-state index in [9.17, 15) is 0 Å². The van der Waals surface area contributed by atoms with Gasteiger partial charge < -0.3 is 10.1 Å². The van der Waals surface area contributed by atoms with E-state index < -0.39 is 0 Å². The maximum atomic E-state index is 5.45. The van der Waals surface area contributed by atoms with E-state index in [1.165, 1.54) is 4.88 Å². The molecule has 2 heterocycles. The molecule has 1 aliphatic heterocycles. The Balaban J connectivity index is 2.19. The van der Waals surface area contributed by atoms with E-state index in [-0.39, 0.29) is 5.54 Å². The summed E-state index contributed by atoms with van der Waals surface area (Å²) in [5.74, 6) is 0. The first-order chi connectivity index (χ1) is 5.81. The molecule has 66 valence electrons. The van der Waals surface area contributed by atoms with Crippen molar-refractivity contribution in [3.8, 4) is 0 Å². The van der Waals surface area contributed by atoms with E-state index in [0.717, 1.165) is 19.8 Å². The molecule has 12 heavy (non-hydrogen) atoms. The second-order valence-electron chi connectivity index (χ2n) is 3.29. The molecule has 1 unspecified atom stereocenters. The average Bonchev–Trinajstić information content (AvgIpc) is 2.58. The summed E-state index contributed by atoms with van der Waals surface area (Å²) in [5.41, 5.74) is 0.0480. The van der Waals surface area contributed by atoms with Gasteiger partial charge in [-0.05, 0) is 18.4 Å². The highest BCUT2D eigenvalue weighted by atomic mass is 32.1. The SMILES string of the molecule is CC1(c2cccs2)COCCN1. The number of morpholine rings is 1. The highest BCUT2D eigenvalue weighted by Gasteiger charge is 2.29. The third-order valence-electron chi connectivity index (χ3n) is 2.22. The summed E-state index contributed by atoms with van der Waals surface area (Å²) < 4.78 is 5.45. The number of hydrogen-bond donors (Lipinski definition) is 1. The van der Waals surface area contributed by atoms with Crippen LogP contribution >= 0.6 is 11.3 Å². The molecule has 1 aliphatic rings. The number of hydrogen-bond acceptors (Lipinski definition) is 3. The van der Waals surface area contributed by atoms with E-state index in [0.29, 0.717) is 0 Å². The summed E-state index contributed by atoms with van der Waals surface area (Å²) in [4.78, 5) is 1.36. The van der Waals surface area contributed by atoms with Crippen LogP contribution in [-0.4, -0.2) is 19.8 Å². The molecule has 1 saturated heterocycles. The summed E-state index contributed by atoms with van der Waals surface area (Å²) in [6, 6.07) is 4.24. The van der Waals surface area contributed by atoms with Gasteiger partial charge >= 0.3 is 0 Å². The molecule has 2 rings (SSSR count). The fraction of sp³-hybridized carbons (Fsp3) is 0.556. The number of ether oxygens (including phenoxy) is 1. The second-order valence-corrected chi connectivity index (χ2v) is 4.24. The van der Waals surface area contributed by atoms with Gasteiger partial charge in [0.15, 0.2) is 0 Å². The van der Waals surface area contributed by atoms with Gasteiger partial charge in [-0.3, -0.25) is 0 Å². The third kappa shape index (κ3) is 1.40. The average molecular weight is 183 g/mol. The minimum Gasteiger partial charge on any atom is -0.378 e. The van der Waals surface area contributed by atoms with Crippen molar-refractivity contribution in [1.29, 1.82) is 0 Å². The monoisotopic (exact) mass is 183 g/mol. The van der Waals surface area contributed by atoms with Crippen LogP contribution in [0, 0.1) is 0 Å². The van der Waals surface area contributed by atoms with Crippen LogP contribution in [-0.2, 0) is 10.3 Å². The Hall–Kier alpha value is -0.380. The quantitative estimate of drug-likeness (QED) is 0.714. The fourth-order valence-corrected chi connectivity index (χ4v) is 2.33. The van der Waals surface area contributed by atoms with Gasteiger partial charge in [-0.1, -0.05) is 6.07 Å². The first-order valence-corrected chi connectivity index (χ1v) is 5.06. The van der Waals surface area contributed by atoms with Crippen molar-refractivity contribution in [2.24, 2.45) is 0 Å². The smallest absolute Gasteiger partial charge is 0.0737 e. The molecule has 3 heteroatoms. The molecule has 0 spiro atoms. The Morgan fingerprint density at radius 1 is 1.67 bits per heavy atom. The van der Waals surface area contributed by atoms with Crippen LogP contribution < -0.4 is 5.32 Å². The molecule has 0 radical (unpaired) electrons. The normalized spacial score (nSPS) is 30.4. The van der Waals surface area contributed by atoms with Crippen molar-refractivity contribution < 1.29 is 4.74 Å². The lowest BCUT2D eigenvalue weighted by Crippen LogP contribution is -2.48. The number of thiophene rings is 1. The van der Waals surface area contributed by atoms with Crippen LogP contribution in [0.3, 0.4) is 0 Å². The Morgan fingerprint density at radius 2 is 2.58 bits per heavy atom. The van der Waals surface area contributed by atoms with E-state index in [2.05, 4.69) is 29.8 Å². The predicted molar refractivity (Wildman–Crippen MR) is 50.5 cm³/mol. The van der Waals surface area contributed by atoms with E-state index >= 15 is 0 Å². The minimum absolute atomic E-state index is 0.0480. The van der Waals surface area contributed by atoms with Gasteiger partial charge in [0.2, 0.25) is 0 Å². The molecular weight excluding hydrogens is 170 g/mol. The van der Waals surface area contributed by atoms with Gasteiger partial charge in [-0.2, -0.15) is 0 Å². The Kier molecular flexibility index (Phi) is 2.17. The highest BCUT2D eigenvalue weighted by Crippen LogP contribution is 2.26. The van der Waals surface area contributed by atoms with Crippen LogP contribution in [0.1, 0.15) is 11.8 Å². The van der Waals surface area contributed by atoms with Crippen molar-refractivity contribution >= 4 is 11.3 Å². The summed E-state index contributed by atoms with van der Waals surface area (Å²) in [5, 5.41) is 5.59. The lowest BCUT2D eigenvalue weighted by molar-refractivity contribution is 0.0354. The van der Waals surface area contributed by atoms with Crippen molar-refractivity contribution in [2.75, 3.05) is 19.8 Å². The van der Waals surface area contributed by atoms with E-state index in [1.54, 1.807) is 11.3 Å². The Morgan fingerprint density at radius 3 is 3.17 bits per heavy atom. The van der Waals surface area contributed by atoms with Gasteiger partial charge in [-0.15, -0.1) is 11.3 Å². The molecular formula is C9H13NOS. The molecule has 0 bridgehead atoms. The van der Waals surface area contributed by atoms with Gasteiger partial charge in [0, 0.05) is 11.4 Å². The van der Waals surface area contributed by atoms with Gasteiger partial charge in [0.25, 0.3) is 0 Å². The molecule has 0 aromatic carbocycles. The van der Waals surface area contributed by atoms with Gasteiger partial charge in [0.05, 0.1) is 18.8 Å². The zero-order valence-corrected chi connectivity index (χ0v) is 7.99. The number of nitrogens with one attached hydrogen (secondary N) is 1. The second kappa shape index (κ2) is 3.17. The summed E-state index contributed by atoms with van der Waals surface area (Å²) in [7, 11) is 0. The van der Waals surface area contributed by atoms with Gasteiger partial charge in [-0.25, -0.2) is 0 Å². The minimum atomic E-state index is 0.0480. The molecule has 1 N–H and O–H groups in total. The Labute approximate surface area is 76.6 Å². The first kappa shape index (κ1) is 8.23. The predicted octanol–water partition coefficient (Wildman–Crippen LogP) is 1.58. The molecule has 1 aromatic rings. The summed E-state index contributed by atoms with van der Waals surface area (Å²) >= 11 is 1.79. The molecule has 1 atom stereocenters.